The Labute approximate surface area is 324 Å². The summed E-state index contributed by atoms with van der Waals surface area (Å²) in [7, 11) is 0. The lowest BCUT2D eigenvalue weighted by atomic mass is 9.74. The van der Waals surface area contributed by atoms with Gasteiger partial charge in [-0.05, 0) is 88.7 Å². The molecule has 8 aromatic rings. The Bertz CT molecular complexity index is 2680. The lowest BCUT2D eigenvalue weighted by Crippen LogP contribution is -2.26. The van der Waals surface area contributed by atoms with E-state index in [4.69, 9.17) is 9.97 Å². The van der Waals surface area contributed by atoms with Crippen LogP contribution in [0.15, 0.2) is 152 Å². The molecule has 1 heterocycles. The van der Waals surface area contributed by atoms with Crippen molar-refractivity contribution in [2.45, 2.75) is 52.4 Å². The molecule has 0 saturated carbocycles. The number of hydrogen-bond acceptors (Lipinski definition) is 3. The van der Waals surface area contributed by atoms with Gasteiger partial charge in [0, 0.05) is 38.7 Å². The zero-order chi connectivity index (χ0) is 37.6. The predicted octanol–water partition coefficient (Wildman–Crippen LogP) is 13.7. The highest BCUT2D eigenvalue weighted by Crippen LogP contribution is 2.65. The maximum Gasteiger partial charge on any atom is 0.161 e. The van der Waals surface area contributed by atoms with Gasteiger partial charge in [0.15, 0.2) is 5.82 Å². The Morgan fingerprint density at radius 2 is 0.927 bits per heavy atom. The first-order valence-corrected chi connectivity index (χ1v) is 19.4. The van der Waals surface area contributed by atoms with E-state index in [-0.39, 0.29) is 10.8 Å². The molecule has 2 aliphatic carbocycles. The summed E-state index contributed by atoms with van der Waals surface area (Å²) in [6.45, 7) is 14.0. The molecule has 2 aliphatic rings. The molecule has 3 nitrogen and oxygen atoms in total. The van der Waals surface area contributed by atoms with E-state index >= 15 is 0 Å². The summed E-state index contributed by atoms with van der Waals surface area (Å²) >= 11 is 0. The van der Waals surface area contributed by atoms with Crippen LogP contribution in [0.1, 0.15) is 61.1 Å². The molecule has 266 valence electrons. The zero-order valence-electron chi connectivity index (χ0n) is 32.3. The quantitative estimate of drug-likeness (QED) is 0.178. The van der Waals surface area contributed by atoms with Gasteiger partial charge in [0.25, 0.3) is 0 Å². The molecule has 0 fully saturated rings. The number of nitrogens with zero attached hydrogens (tertiary/aromatic N) is 3. The van der Waals surface area contributed by atoms with Crippen molar-refractivity contribution in [3.05, 3.63) is 185 Å². The van der Waals surface area contributed by atoms with Crippen LogP contribution < -0.4 is 4.90 Å². The molecule has 0 amide bonds. The summed E-state index contributed by atoms with van der Waals surface area (Å²) < 4.78 is 0. The van der Waals surface area contributed by atoms with Gasteiger partial charge in [-0.15, -0.1) is 0 Å². The van der Waals surface area contributed by atoms with E-state index in [0.717, 1.165) is 44.9 Å². The second-order valence-electron chi connectivity index (χ2n) is 16.4. The van der Waals surface area contributed by atoms with Crippen molar-refractivity contribution in [1.82, 2.24) is 9.97 Å². The number of fused-ring (bicyclic) bond motifs is 7. The summed E-state index contributed by atoms with van der Waals surface area (Å²) in [5.74, 6) is 0.758. The Morgan fingerprint density at radius 1 is 0.455 bits per heavy atom. The second kappa shape index (κ2) is 12.1. The Morgan fingerprint density at radius 3 is 1.47 bits per heavy atom. The Kier molecular flexibility index (Phi) is 7.32. The molecular weight excluding hydrogens is 667 g/mol. The highest BCUT2D eigenvalue weighted by molar-refractivity contribution is 6.09. The maximum absolute atomic E-state index is 5.62. The minimum Gasteiger partial charge on any atom is -0.310 e. The maximum atomic E-state index is 5.62. The topological polar surface area (TPSA) is 29.0 Å². The number of aromatic nitrogens is 2. The minimum atomic E-state index is -0.345. The first-order valence-electron chi connectivity index (χ1n) is 19.4. The highest BCUT2D eigenvalue weighted by Gasteiger charge is 2.49. The third-order valence-electron chi connectivity index (χ3n) is 12.1. The molecule has 7 aromatic carbocycles. The van der Waals surface area contributed by atoms with Gasteiger partial charge in [0.05, 0.1) is 16.9 Å². The molecule has 55 heavy (non-hydrogen) atoms. The number of para-hydroxylation sites is 1. The van der Waals surface area contributed by atoms with Crippen LogP contribution >= 0.6 is 0 Å². The van der Waals surface area contributed by atoms with Crippen molar-refractivity contribution >= 4 is 28.0 Å². The molecule has 3 heteroatoms. The molecule has 0 unspecified atom stereocenters. The van der Waals surface area contributed by atoms with E-state index < -0.39 is 0 Å². The SMILES string of the molecule is Cc1ccc(N(c2ccc(C)cc2)c2c3c(c(-c4nc(-c5ccccc5)c5ccccc5n4)c4c2C(C)(C)c2ccccc2-4)-c2ccccc2C3(C)C)cc1. The largest absolute Gasteiger partial charge is 0.310 e. The van der Waals surface area contributed by atoms with Gasteiger partial charge in [-0.3, -0.25) is 0 Å². The van der Waals surface area contributed by atoms with Crippen LogP contribution in [0.3, 0.4) is 0 Å². The molecule has 0 saturated heterocycles. The zero-order valence-corrected chi connectivity index (χ0v) is 32.3. The van der Waals surface area contributed by atoms with E-state index in [0.29, 0.717) is 0 Å². The van der Waals surface area contributed by atoms with Crippen molar-refractivity contribution in [2.75, 3.05) is 4.90 Å². The normalized spacial score (nSPS) is 14.3. The molecule has 0 radical (unpaired) electrons. The summed E-state index contributed by atoms with van der Waals surface area (Å²) in [6, 6.07) is 55.1. The van der Waals surface area contributed by atoms with Crippen LogP contribution in [0, 0.1) is 13.8 Å². The fourth-order valence-electron chi connectivity index (χ4n) is 9.50. The number of rotatable bonds is 5. The van der Waals surface area contributed by atoms with Gasteiger partial charge >= 0.3 is 0 Å². The lowest BCUT2D eigenvalue weighted by Gasteiger charge is -2.38. The van der Waals surface area contributed by atoms with Gasteiger partial charge in [0.1, 0.15) is 0 Å². The highest BCUT2D eigenvalue weighted by atomic mass is 15.2. The van der Waals surface area contributed by atoms with E-state index in [1.165, 1.54) is 61.3 Å². The Hall–Kier alpha value is -6.32. The third kappa shape index (κ3) is 4.89. The van der Waals surface area contributed by atoms with E-state index in [1.54, 1.807) is 0 Å². The fourth-order valence-corrected chi connectivity index (χ4v) is 9.50. The van der Waals surface area contributed by atoms with E-state index in [2.05, 4.69) is 198 Å². The second-order valence-corrected chi connectivity index (χ2v) is 16.4. The average Bonchev–Trinajstić information content (AvgIpc) is 3.59. The van der Waals surface area contributed by atoms with Crippen molar-refractivity contribution in [3.8, 4) is 44.9 Å². The van der Waals surface area contributed by atoms with Gasteiger partial charge in [-0.1, -0.05) is 160 Å². The Balaban J connectivity index is 1.44. The lowest BCUT2D eigenvalue weighted by molar-refractivity contribution is 0.640. The van der Waals surface area contributed by atoms with Gasteiger partial charge in [-0.2, -0.15) is 0 Å². The minimum absolute atomic E-state index is 0.345. The summed E-state index contributed by atoms with van der Waals surface area (Å²) in [6.07, 6.45) is 0. The molecular formula is C52H43N3. The molecule has 0 bridgehead atoms. The number of aryl methyl sites for hydroxylation is 2. The fraction of sp³-hybridized carbons (Fsp3) is 0.154. The standard InChI is InChI=1S/C52H43N3/c1-32-24-28-35(29-25-32)55(36-30-26-33(2)27-31-36)49-46-43(37-18-10-13-21-40(37)51(46,3)4)45(44-38-19-11-14-22-41(38)52(5,6)47(44)49)50-53-42-23-15-12-20-39(42)48(54-50)34-16-8-7-9-17-34/h7-31H,1-6H3. The summed E-state index contributed by atoms with van der Waals surface area (Å²) in [4.78, 5) is 13.7. The predicted molar refractivity (Wildman–Crippen MR) is 230 cm³/mol. The molecule has 10 rings (SSSR count). The number of hydrogen-bond donors (Lipinski definition) is 0. The van der Waals surface area contributed by atoms with Crippen molar-refractivity contribution in [3.63, 3.8) is 0 Å². The molecule has 1 aromatic heterocycles. The molecule has 0 N–H and O–H groups in total. The van der Waals surface area contributed by atoms with Crippen LogP contribution in [0.2, 0.25) is 0 Å². The van der Waals surface area contributed by atoms with Crippen LogP contribution in [0.25, 0.3) is 55.8 Å². The van der Waals surface area contributed by atoms with Gasteiger partial charge < -0.3 is 4.90 Å². The first kappa shape index (κ1) is 33.3. The van der Waals surface area contributed by atoms with Gasteiger partial charge in [0.2, 0.25) is 0 Å². The number of anilines is 3. The van der Waals surface area contributed by atoms with Crippen molar-refractivity contribution in [1.29, 1.82) is 0 Å². The summed E-state index contributed by atoms with van der Waals surface area (Å²) in [5.41, 5.74) is 19.6. The van der Waals surface area contributed by atoms with Crippen molar-refractivity contribution in [2.24, 2.45) is 0 Å². The van der Waals surface area contributed by atoms with Crippen LogP contribution in [0.5, 0.6) is 0 Å². The van der Waals surface area contributed by atoms with Crippen molar-refractivity contribution < 1.29 is 0 Å². The van der Waals surface area contributed by atoms with Crippen LogP contribution in [0.4, 0.5) is 17.1 Å². The molecule has 0 aliphatic heterocycles. The van der Waals surface area contributed by atoms with Crippen LogP contribution in [-0.4, -0.2) is 9.97 Å². The summed E-state index contributed by atoms with van der Waals surface area (Å²) in [5, 5.41) is 1.05. The molecule has 0 spiro atoms. The third-order valence-corrected chi connectivity index (χ3v) is 12.1. The molecule has 0 atom stereocenters. The monoisotopic (exact) mass is 709 g/mol. The number of benzene rings is 7. The first-order chi connectivity index (χ1) is 26.6. The smallest absolute Gasteiger partial charge is 0.161 e. The van der Waals surface area contributed by atoms with E-state index in [9.17, 15) is 0 Å². The average molecular weight is 710 g/mol. The van der Waals surface area contributed by atoms with Crippen LogP contribution in [-0.2, 0) is 10.8 Å². The van der Waals surface area contributed by atoms with Gasteiger partial charge in [-0.25, -0.2) is 9.97 Å². The van der Waals surface area contributed by atoms with E-state index in [1.807, 2.05) is 0 Å².